The number of phenolic OH excluding ortho intramolecular Hbond substituents is 3. The van der Waals surface area contributed by atoms with Crippen LogP contribution in [0.1, 0.15) is 74.7 Å². The molecule has 2 heterocycles. The Morgan fingerprint density at radius 2 is 1.82 bits per heavy atom. The van der Waals surface area contributed by atoms with E-state index in [1.54, 1.807) is 24.5 Å². The van der Waals surface area contributed by atoms with Crippen LogP contribution in [0.2, 0.25) is 0 Å². The molecule has 0 unspecified atom stereocenters. The minimum Gasteiger partial charge on any atom is -0.504 e. The Balaban J connectivity index is 1.25. The summed E-state index contributed by atoms with van der Waals surface area (Å²) in [4.78, 5) is 16.0. The maximum absolute atomic E-state index is 11.9. The molecule has 5 atom stereocenters. The van der Waals surface area contributed by atoms with Gasteiger partial charge in [-0.2, -0.15) is 0 Å². The van der Waals surface area contributed by atoms with Gasteiger partial charge in [-0.3, -0.25) is 9.78 Å². The normalized spacial score (nSPS) is 23.3. The van der Waals surface area contributed by atoms with Crippen molar-refractivity contribution in [2.75, 3.05) is 13.2 Å². The van der Waals surface area contributed by atoms with Crippen LogP contribution in [0, 0.1) is 5.92 Å². The molecule has 1 saturated heterocycles. The number of hydrogen-bond donors (Lipinski definition) is 4. The van der Waals surface area contributed by atoms with Crippen molar-refractivity contribution in [1.82, 2.24) is 4.98 Å². The van der Waals surface area contributed by atoms with Crippen molar-refractivity contribution in [3.05, 3.63) is 71.5 Å². The van der Waals surface area contributed by atoms with Crippen LogP contribution in [0.25, 0.3) is 0 Å². The number of benzene rings is 2. The quantitative estimate of drug-likeness (QED) is 0.150. The Morgan fingerprint density at radius 3 is 2.60 bits per heavy atom. The predicted octanol–water partition coefficient (Wildman–Crippen LogP) is 5.53. The summed E-state index contributed by atoms with van der Waals surface area (Å²) in [5, 5.41) is 41.0. The first-order valence-electron chi connectivity index (χ1n) is 15.8. The van der Waals surface area contributed by atoms with Gasteiger partial charge < -0.3 is 39.4 Å². The third-order valence-electron chi connectivity index (χ3n) is 8.58. The van der Waals surface area contributed by atoms with E-state index in [-0.39, 0.29) is 66.4 Å². The lowest BCUT2D eigenvalue weighted by molar-refractivity contribution is -0.160. The van der Waals surface area contributed by atoms with Crippen LogP contribution >= 0.6 is 0 Å². The fourth-order valence-corrected chi connectivity index (χ4v) is 6.27. The highest BCUT2D eigenvalue weighted by molar-refractivity contribution is 5.66. The summed E-state index contributed by atoms with van der Waals surface area (Å²) in [5.74, 6) is -0.160. The molecule has 1 saturated carbocycles. The molecule has 45 heavy (non-hydrogen) atoms. The number of aromatic hydroxyl groups is 3. The van der Waals surface area contributed by atoms with Gasteiger partial charge in [0.15, 0.2) is 23.0 Å². The van der Waals surface area contributed by atoms with Crippen LogP contribution in [0.5, 0.6) is 28.7 Å². The van der Waals surface area contributed by atoms with E-state index in [4.69, 9.17) is 18.9 Å². The molecule has 2 aromatic carbocycles. The van der Waals surface area contributed by atoms with Crippen molar-refractivity contribution in [3.8, 4) is 28.7 Å². The molecule has 0 spiro atoms. The second-order valence-corrected chi connectivity index (χ2v) is 12.1. The first-order chi connectivity index (χ1) is 21.8. The number of carbonyl (C=O) groups excluding carboxylic acids is 1. The molecule has 0 radical (unpaired) electrons. The minimum absolute atomic E-state index is 0.0464. The van der Waals surface area contributed by atoms with E-state index >= 15 is 0 Å². The molecule has 1 aliphatic carbocycles. The summed E-state index contributed by atoms with van der Waals surface area (Å²) in [6.07, 6.45) is 8.59. The van der Waals surface area contributed by atoms with Crippen LogP contribution in [0.15, 0.2) is 54.9 Å². The SMILES string of the molecule is CC(=O)O[C@H]1C[C@H](CCc2ccc(O)c(O[C@@H]3CCC[C@H](CO)C3)c2)O[C@H](c2cc(O)c(O)c(OCCc3cccnc3)c2)C1. The van der Waals surface area contributed by atoms with Crippen LogP contribution in [-0.2, 0) is 27.1 Å². The van der Waals surface area contributed by atoms with E-state index < -0.39 is 6.10 Å². The summed E-state index contributed by atoms with van der Waals surface area (Å²) in [6, 6.07) is 12.2. The van der Waals surface area contributed by atoms with Crippen LogP contribution in [0.4, 0.5) is 0 Å². The van der Waals surface area contributed by atoms with E-state index in [0.717, 1.165) is 36.8 Å². The van der Waals surface area contributed by atoms with Gasteiger partial charge in [0.1, 0.15) is 6.10 Å². The molecule has 10 heteroatoms. The van der Waals surface area contributed by atoms with Crippen molar-refractivity contribution in [2.45, 2.75) is 89.1 Å². The van der Waals surface area contributed by atoms with Crippen LogP contribution < -0.4 is 9.47 Å². The van der Waals surface area contributed by atoms with Crippen molar-refractivity contribution in [2.24, 2.45) is 5.92 Å². The maximum Gasteiger partial charge on any atom is 0.302 e. The van der Waals surface area contributed by atoms with Crippen LogP contribution in [-0.4, -0.2) is 62.9 Å². The topological polar surface area (TPSA) is 148 Å². The lowest BCUT2D eigenvalue weighted by Crippen LogP contribution is -2.34. The number of aliphatic hydroxyl groups excluding tert-OH is 1. The fraction of sp³-hybridized carbons (Fsp3) is 0.486. The van der Waals surface area contributed by atoms with Gasteiger partial charge in [0.2, 0.25) is 5.75 Å². The third-order valence-corrected chi connectivity index (χ3v) is 8.58. The number of pyridine rings is 1. The molecule has 10 nitrogen and oxygen atoms in total. The molecule has 0 bridgehead atoms. The van der Waals surface area contributed by atoms with Gasteiger partial charge in [0.05, 0.1) is 24.9 Å². The molecule has 2 aliphatic rings. The molecule has 2 fully saturated rings. The number of rotatable bonds is 12. The minimum atomic E-state index is -0.509. The Kier molecular flexibility index (Phi) is 11.0. The average Bonchev–Trinajstić information content (AvgIpc) is 3.03. The van der Waals surface area contributed by atoms with Gasteiger partial charge in [-0.05, 0) is 91.5 Å². The zero-order chi connectivity index (χ0) is 31.8. The van der Waals surface area contributed by atoms with Crippen molar-refractivity contribution >= 4 is 5.97 Å². The first kappa shape index (κ1) is 32.4. The summed E-state index contributed by atoms with van der Waals surface area (Å²) < 4.78 is 24.1. The van der Waals surface area contributed by atoms with Gasteiger partial charge in [0, 0.05) is 45.2 Å². The second kappa shape index (κ2) is 15.3. The third kappa shape index (κ3) is 9.02. The van der Waals surface area contributed by atoms with E-state index in [2.05, 4.69) is 4.98 Å². The van der Waals surface area contributed by atoms with Gasteiger partial charge in [-0.25, -0.2) is 0 Å². The van der Waals surface area contributed by atoms with Gasteiger partial charge in [0.25, 0.3) is 0 Å². The number of phenols is 3. The summed E-state index contributed by atoms with van der Waals surface area (Å²) in [5.41, 5.74) is 2.56. The number of aromatic nitrogens is 1. The highest BCUT2D eigenvalue weighted by Crippen LogP contribution is 2.43. The van der Waals surface area contributed by atoms with E-state index in [0.29, 0.717) is 43.4 Å². The average molecular weight is 622 g/mol. The standard InChI is InChI=1S/C35H43NO9/c1-22(38)43-29-18-28(9-7-23-8-10-30(39)33(15-23)45-27-6-2-4-25(14-27)21-37)44-32(19-29)26-16-31(40)35(41)34(17-26)42-13-11-24-5-3-12-36-20-24/h3,5,8,10,12,15-17,20,25,27-29,32,37,39-41H,2,4,6-7,9,11,13-14,18-19,21H2,1H3/t25-,27+,28-,29-,32-/m0/s1. The molecule has 0 amide bonds. The smallest absolute Gasteiger partial charge is 0.302 e. The predicted molar refractivity (Wildman–Crippen MR) is 165 cm³/mol. The number of ether oxygens (including phenoxy) is 4. The number of aliphatic hydroxyl groups is 1. The maximum atomic E-state index is 11.9. The summed E-state index contributed by atoms with van der Waals surface area (Å²) >= 11 is 0. The van der Waals surface area contributed by atoms with Gasteiger partial charge >= 0.3 is 5.97 Å². The lowest BCUT2D eigenvalue weighted by Gasteiger charge is -2.35. The Morgan fingerprint density at radius 1 is 0.956 bits per heavy atom. The second-order valence-electron chi connectivity index (χ2n) is 12.1. The van der Waals surface area contributed by atoms with Gasteiger partial charge in [-0.15, -0.1) is 0 Å². The zero-order valence-corrected chi connectivity index (χ0v) is 25.6. The number of carbonyl (C=O) groups is 1. The van der Waals surface area contributed by atoms with Crippen molar-refractivity contribution in [3.63, 3.8) is 0 Å². The van der Waals surface area contributed by atoms with E-state index in [1.807, 2.05) is 24.3 Å². The largest absolute Gasteiger partial charge is 0.504 e. The lowest BCUT2D eigenvalue weighted by atomic mass is 9.88. The van der Waals surface area contributed by atoms with Crippen LogP contribution in [0.3, 0.4) is 0 Å². The molecule has 3 aromatic rings. The molecule has 242 valence electrons. The Labute approximate surface area is 263 Å². The molecular formula is C35H43NO9. The molecule has 4 N–H and O–H groups in total. The Bertz CT molecular complexity index is 1420. The van der Waals surface area contributed by atoms with Crippen molar-refractivity contribution < 1.29 is 44.2 Å². The van der Waals surface area contributed by atoms with E-state index in [9.17, 15) is 25.2 Å². The highest BCUT2D eigenvalue weighted by Gasteiger charge is 2.33. The molecule has 1 aliphatic heterocycles. The number of nitrogens with zero attached hydrogens (tertiary/aromatic N) is 1. The highest BCUT2D eigenvalue weighted by atomic mass is 16.6. The monoisotopic (exact) mass is 621 g/mol. The Hall–Kier alpha value is -4.02. The number of hydrogen-bond acceptors (Lipinski definition) is 10. The zero-order valence-electron chi connectivity index (χ0n) is 25.6. The molecule has 1 aromatic heterocycles. The molecule has 5 rings (SSSR count). The number of aryl methyl sites for hydroxylation is 1. The fourth-order valence-electron chi connectivity index (χ4n) is 6.27. The molecular weight excluding hydrogens is 578 g/mol. The first-order valence-corrected chi connectivity index (χ1v) is 15.8. The number of esters is 1. The summed E-state index contributed by atoms with van der Waals surface area (Å²) in [7, 11) is 0. The van der Waals surface area contributed by atoms with E-state index in [1.165, 1.54) is 13.0 Å². The van der Waals surface area contributed by atoms with Gasteiger partial charge in [-0.1, -0.05) is 12.1 Å². The van der Waals surface area contributed by atoms with Crippen molar-refractivity contribution in [1.29, 1.82) is 0 Å². The summed E-state index contributed by atoms with van der Waals surface area (Å²) in [6.45, 7) is 1.80.